The normalized spacial score (nSPS) is 12.7. The predicted octanol–water partition coefficient (Wildman–Crippen LogP) is 6.10. The number of hydrogen-bond acceptors (Lipinski definition) is 10. The van der Waals surface area contributed by atoms with E-state index in [-0.39, 0.29) is 62.1 Å². The Morgan fingerprint density at radius 2 is 0.763 bits per heavy atom. The summed E-state index contributed by atoms with van der Waals surface area (Å²) in [7, 11) is 0. The molecule has 0 saturated heterocycles. The van der Waals surface area contributed by atoms with Crippen molar-refractivity contribution in [2.24, 2.45) is 0 Å². The van der Waals surface area contributed by atoms with Crippen molar-refractivity contribution in [3.63, 3.8) is 0 Å². The number of allylic oxidation sites excluding steroid dienone is 10. The van der Waals surface area contributed by atoms with Gasteiger partial charge >= 0.3 is 49.7 Å². The molecular weight excluding hydrogens is 821 g/mol. The number of carboxylic acid groups (broad SMARTS) is 4. The van der Waals surface area contributed by atoms with Crippen LogP contribution in [0, 0.1) is 0 Å². The first kappa shape index (κ1) is 60.5. The third-order valence-electron chi connectivity index (χ3n) is 8.29. The molecule has 0 saturated carbocycles. The molecule has 0 fully saturated rings. The van der Waals surface area contributed by atoms with Gasteiger partial charge in [0.05, 0.1) is 0 Å². The number of carbonyl (C=O) groups is 6. The van der Waals surface area contributed by atoms with Gasteiger partial charge in [0, 0.05) is 47.8 Å². The van der Waals surface area contributed by atoms with Crippen LogP contribution in [0.2, 0.25) is 0 Å². The Kier molecular flexibility index (Phi) is 39.1. The molecule has 0 bridgehead atoms. The fourth-order valence-corrected chi connectivity index (χ4v) is 6.77. The van der Waals surface area contributed by atoms with Crippen molar-refractivity contribution in [3.8, 4) is 0 Å². The van der Waals surface area contributed by atoms with Gasteiger partial charge in [0.25, 0.3) is 0 Å². The SMILES string of the molecule is CC(C)=CCCC(C)=CCCC(C)=CCSC[C@H](NC(=O)CCC(=O)[O-])C(=O)O.CC(C)=CCCC(C)=CCCC(C)=CCSC[C@H](NC(=O)CCC(=O)[O-])C(=O)O.[Ca+2]. The van der Waals surface area contributed by atoms with E-state index in [1.165, 1.54) is 57.0 Å². The molecule has 0 aromatic heterocycles. The molecule has 328 valence electrons. The Labute approximate surface area is 391 Å². The van der Waals surface area contributed by atoms with Crippen LogP contribution in [0.15, 0.2) is 69.9 Å². The summed E-state index contributed by atoms with van der Waals surface area (Å²) in [6, 6.07) is -2.07. The maximum absolute atomic E-state index is 11.6. The molecule has 4 N–H and O–H groups in total. The molecular formula is C44H68CaN2O10S2. The Balaban J connectivity index is -0.00000105. The summed E-state index contributed by atoms with van der Waals surface area (Å²) in [5.41, 5.74) is 7.96. The first-order chi connectivity index (χ1) is 27.2. The van der Waals surface area contributed by atoms with Crippen molar-refractivity contribution >= 4 is 97.0 Å². The van der Waals surface area contributed by atoms with Gasteiger partial charge in [-0.15, -0.1) is 0 Å². The Morgan fingerprint density at radius 3 is 1.03 bits per heavy atom. The predicted molar refractivity (Wildman–Crippen MR) is 239 cm³/mol. The number of amides is 2. The third kappa shape index (κ3) is 41.7. The maximum Gasteiger partial charge on any atom is 2.00 e. The third-order valence-corrected chi connectivity index (χ3v) is 10.2. The second-order valence-electron chi connectivity index (χ2n) is 14.7. The molecule has 0 unspecified atom stereocenters. The van der Waals surface area contributed by atoms with E-state index in [4.69, 9.17) is 0 Å². The Morgan fingerprint density at radius 1 is 0.475 bits per heavy atom. The van der Waals surface area contributed by atoms with E-state index >= 15 is 0 Å². The Hall–Kier alpha value is -2.78. The van der Waals surface area contributed by atoms with Crippen LogP contribution in [-0.2, 0) is 28.8 Å². The van der Waals surface area contributed by atoms with E-state index in [9.17, 15) is 49.2 Å². The summed E-state index contributed by atoms with van der Waals surface area (Å²) in [6.45, 7) is 16.8. The molecule has 0 radical (unpaired) electrons. The first-order valence-corrected chi connectivity index (χ1v) is 22.0. The van der Waals surface area contributed by atoms with Crippen LogP contribution in [0.5, 0.6) is 0 Å². The average molecular weight is 889 g/mol. The van der Waals surface area contributed by atoms with Crippen LogP contribution in [0.1, 0.15) is 132 Å². The molecule has 0 aromatic rings. The first-order valence-electron chi connectivity index (χ1n) is 19.7. The van der Waals surface area contributed by atoms with Crippen LogP contribution >= 0.6 is 23.5 Å². The molecule has 0 aromatic carbocycles. The van der Waals surface area contributed by atoms with Crippen molar-refractivity contribution in [1.29, 1.82) is 0 Å². The number of rotatable bonds is 30. The van der Waals surface area contributed by atoms with Gasteiger partial charge in [-0.25, -0.2) is 9.59 Å². The van der Waals surface area contributed by atoms with Crippen LogP contribution in [0.3, 0.4) is 0 Å². The fraction of sp³-hybridized carbons (Fsp3) is 0.591. The van der Waals surface area contributed by atoms with Crippen LogP contribution in [0.4, 0.5) is 0 Å². The van der Waals surface area contributed by atoms with E-state index in [1.54, 1.807) is 0 Å². The molecule has 15 heteroatoms. The summed E-state index contributed by atoms with van der Waals surface area (Å²) < 4.78 is 0. The van der Waals surface area contributed by atoms with Crippen molar-refractivity contribution in [1.82, 2.24) is 10.6 Å². The standard InChI is InChI=1S/2C22H35NO5S.Ca/c2*1-16(2)7-5-8-17(3)9-6-10-18(4)13-14-29-15-19(22(27)28)23-20(24)11-12-21(25)26;/h2*7,9,13,19H,5-6,8,10-12,14-15H2,1-4H3,(H,23,24)(H,25,26)(H,27,28);/q;;+2/p-2/t2*19-;/m00./s1. The van der Waals surface area contributed by atoms with Gasteiger partial charge in [0.1, 0.15) is 12.1 Å². The van der Waals surface area contributed by atoms with E-state index in [0.717, 1.165) is 51.4 Å². The van der Waals surface area contributed by atoms with Crippen LogP contribution < -0.4 is 20.8 Å². The average Bonchev–Trinajstić information content (AvgIpc) is 3.12. The number of thioether (sulfide) groups is 2. The minimum absolute atomic E-state index is 0. The molecule has 2 amide bonds. The Bertz CT molecular complexity index is 1380. The van der Waals surface area contributed by atoms with E-state index in [0.29, 0.717) is 11.5 Å². The zero-order valence-corrected chi connectivity index (χ0v) is 40.5. The molecule has 0 aliphatic heterocycles. The molecule has 0 aliphatic rings. The quantitative estimate of drug-likeness (QED) is 0.0366. The van der Waals surface area contributed by atoms with Gasteiger partial charge in [-0.3, -0.25) is 9.59 Å². The van der Waals surface area contributed by atoms with Crippen molar-refractivity contribution in [3.05, 3.63) is 69.9 Å². The monoisotopic (exact) mass is 888 g/mol. The van der Waals surface area contributed by atoms with Crippen molar-refractivity contribution in [2.45, 2.75) is 145 Å². The van der Waals surface area contributed by atoms with Gasteiger partial charge < -0.3 is 40.6 Å². The molecule has 12 nitrogen and oxygen atoms in total. The number of aliphatic carboxylic acids is 4. The number of nitrogens with one attached hydrogen (secondary N) is 2. The second kappa shape index (κ2) is 38.2. The summed E-state index contributed by atoms with van der Waals surface area (Å²) >= 11 is 2.83. The zero-order valence-electron chi connectivity index (χ0n) is 36.6. The maximum atomic E-state index is 11.6. The topological polar surface area (TPSA) is 213 Å². The second-order valence-corrected chi connectivity index (χ2v) is 16.8. The molecule has 0 heterocycles. The van der Waals surface area contributed by atoms with Gasteiger partial charge in [-0.2, -0.15) is 23.5 Å². The molecule has 59 heavy (non-hydrogen) atoms. The van der Waals surface area contributed by atoms with E-state index in [2.05, 4.69) is 102 Å². The largest absolute Gasteiger partial charge is 2.00 e. The number of carboxylic acids is 4. The van der Waals surface area contributed by atoms with Crippen molar-refractivity contribution in [2.75, 3.05) is 23.0 Å². The molecule has 0 rings (SSSR count). The van der Waals surface area contributed by atoms with Crippen molar-refractivity contribution < 1.29 is 49.2 Å². The zero-order chi connectivity index (χ0) is 44.5. The molecule has 0 aliphatic carbocycles. The smallest absolute Gasteiger partial charge is 0.550 e. The van der Waals surface area contributed by atoms with Gasteiger partial charge in [-0.05, 0) is 120 Å². The van der Waals surface area contributed by atoms with Gasteiger partial charge in [-0.1, -0.05) is 69.9 Å². The van der Waals surface area contributed by atoms with Crippen LogP contribution in [-0.4, -0.2) is 119 Å². The van der Waals surface area contributed by atoms with Gasteiger partial charge in [0.2, 0.25) is 11.8 Å². The minimum atomic E-state index is -1.33. The summed E-state index contributed by atoms with van der Waals surface area (Å²) in [5, 5.41) is 43.8. The van der Waals surface area contributed by atoms with E-state index < -0.39 is 60.6 Å². The molecule has 2 atom stereocenters. The summed E-state index contributed by atoms with van der Waals surface area (Å²) in [5.74, 6) is -4.36. The minimum Gasteiger partial charge on any atom is -0.550 e. The summed E-state index contributed by atoms with van der Waals surface area (Å²) in [6.07, 6.45) is 20.0. The van der Waals surface area contributed by atoms with Crippen LogP contribution in [0.25, 0.3) is 0 Å². The number of hydrogen-bond donors (Lipinski definition) is 4. The number of carbonyl (C=O) groups excluding carboxylic acids is 4. The summed E-state index contributed by atoms with van der Waals surface area (Å²) in [4.78, 5) is 66.3. The van der Waals surface area contributed by atoms with E-state index in [1.807, 2.05) is 0 Å². The fourth-order valence-electron chi connectivity index (χ4n) is 4.77. The molecule has 0 spiro atoms. The van der Waals surface area contributed by atoms with Gasteiger partial charge in [0.15, 0.2) is 0 Å².